The Bertz CT molecular complexity index is 1100. The molecule has 1 N–H and O–H groups in total. The zero-order valence-electron chi connectivity index (χ0n) is 18.0. The Balaban J connectivity index is 1.69. The van der Waals surface area contributed by atoms with E-state index in [1.54, 1.807) is 30.5 Å². The minimum absolute atomic E-state index is 0.177. The van der Waals surface area contributed by atoms with Gasteiger partial charge in [0.05, 0.1) is 18.2 Å². The summed E-state index contributed by atoms with van der Waals surface area (Å²) in [6, 6.07) is 14.5. The molecule has 7 heteroatoms. The van der Waals surface area contributed by atoms with Gasteiger partial charge in [0.1, 0.15) is 5.75 Å². The highest BCUT2D eigenvalue weighted by Crippen LogP contribution is 2.14. The maximum Gasteiger partial charge on any atom is 0.292 e. The summed E-state index contributed by atoms with van der Waals surface area (Å²) >= 11 is 0. The lowest BCUT2D eigenvalue weighted by Crippen LogP contribution is -2.29. The summed E-state index contributed by atoms with van der Waals surface area (Å²) in [7, 11) is 0. The fraction of sp³-hybridized carbons (Fsp3) is 0.333. The molecule has 1 aromatic heterocycles. The lowest BCUT2D eigenvalue weighted by atomic mass is 10.1. The van der Waals surface area contributed by atoms with Crippen LogP contribution in [-0.2, 0) is 6.54 Å². The summed E-state index contributed by atoms with van der Waals surface area (Å²) in [5, 5.41) is 9.30. The topological polar surface area (TPSA) is 85.6 Å². The molecule has 0 spiro atoms. The van der Waals surface area contributed by atoms with Gasteiger partial charge in [-0.1, -0.05) is 44.9 Å². The lowest BCUT2D eigenvalue weighted by Gasteiger charge is -2.09. The smallest absolute Gasteiger partial charge is 0.292 e. The number of unbranched alkanes of at least 4 members (excludes halogenated alkanes) is 2. The average molecular weight is 421 g/mol. The molecule has 7 nitrogen and oxygen atoms in total. The molecule has 2 aromatic carbocycles. The first-order chi connectivity index (χ1) is 15.1. The number of ether oxygens (including phenoxy) is 1. The number of amides is 1. The molecule has 0 saturated heterocycles. The Morgan fingerprint density at radius 2 is 1.81 bits per heavy atom. The van der Waals surface area contributed by atoms with E-state index in [1.165, 1.54) is 4.68 Å². The molecule has 1 amide bonds. The molecule has 0 bridgehead atoms. The first-order valence-corrected chi connectivity index (χ1v) is 10.7. The molecule has 0 fully saturated rings. The van der Waals surface area contributed by atoms with Crippen LogP contribution >= 0.6 is 0 Å². The second-order valence-electron chi connectivity index (χ2n) is 7.25. The quantitative estimate of drug-likeness (QED) is 0.303. The highest BCUT2D eigenvalue weighted by molar-refractivity contribution is 6.04. The van der Waals surface area contributed by atoms with Crippen LogP contribution in [-0.4, -0.2) is 28.5 Å². The Kier molecular flexibility index (Phi) is 7.92. The van der Waals surface area contributed by atoms with Gasteiger partial charge < -0.3 is 4.74 Å². The van der Waals surface area contributed by atoms with E-state index >= 15 is 0 Å². The van der Waals surface area contributed by atoms with Crippen LogP contribution in [0.4, 0.5) is 0 Å². The number of rotatable bonds is 10. The van der Waals surface area contributed by atoms with Gasteiger partial charge in [-0.15, -0.1) is 0 Å². The van der Waals surface area contributed by atoms with Crippen LogP contribution in [0.2, 0.25) is 0 Å². The van der Waals surface area contributed by atoms with Crippen molar-refractivity contribution in [1.82, 2.24) is 15.2 Å². The van der Waals surface area contributed by atoms with Crippen molar-refractivity contribution in [2.75, 3.05) is 6.61 Å². The van der Waals surface area contributed by atoms with E-state index in [-0.39, 0.29) is 11.3 Å². The van der Waals surface area contributed by atoms with E-state index in [1.807, 2.05) is 31.2 Å². The highest BCUT2D eigenvalue weighted by Gasteiger charge is 2.15. The number of carbonyl (C=O) groups is 1. The van der Waals surface area contributed by atoms with Crippen molar-refractivity contribution in [3.63, 3.8) is 0 Å². The fourth-order valence-corrected chi connectivity index (χ4v) is 3.18. The maximum absolute atomic E-state index is 12.7. The number of carbonyl (C=O) groups excluding carboxylic acids is 1. The fourth-order valence-electron chi connectivity index (χ4n) is 3.18. The van der Waals surface area contributed by atoms with Crippen LogP contribution in [0.3, 0.4) is 0 Å². The average Bonchev–Trinajstić information content (AvgIpc) is 2.79. The zero-order valence-corrected chi connectivity index (χ0v) is 18.0. The van der Waals surface area contributed by atoms with Crippen molar-refractivity contribution in [3.05, 3.63) is 70.1 Å². The molecular formula is C24H28N4O3. The van der Waals surface area contributed by atoms with Gasteiger partial charge in [0.2, 0.25) is 0 Å². The van der Waals surface area contributed by atoms with Gasteiger partial charge in [-0.2, -0.15) is 10.2 Å². The molecule has 1 heterocycles. The van der Waals surface area contributed by atoms with Crippen LogP contribution in [0.15, 0.2) is 58.4 Å². The van der Waals surface area contributed by atoms with E-state index in [2.05, 4.69) is 22.5 Å². The van der Waals surface area contributed by atoms with Crippen molar-refractivity contribution in [2.45, 2.75) is 46.1 Å². The number of hydrazone groups is 1. The summed E-state index contributed by atoms with van der Waals surface area (Å²) < 4.78 is 7.03. The molecule has 0 aliphatic heterocycles. The summed E-state index contributed by atoms with van der Waals surface area (Å²) in [5.74, 6) is 0.347. The molecule has 31 heavy (non-hydrogen) atoms. The van der Waals surface area contributed by atoms with Crippen LogP contribution in [0.5, 0.6) is 5.75 Å². The number of hydrogen-bond donors (Lipinski definition) is 1. The molecular weight excluding hydrogens is 392 g/mol. The zero-order chi connectivity index (χ0) is 22.1. The van der Waals surface area contributed by atoms with Crippen molar-refractivity contribution in [1.29, 1.82) is 0 Å². The summed E-state index contributed by atoms with van der Waals surface area (Å²) in [5.41, 5.74) is 3.32. The number of nitrogens with zero attached hydrogens (tertiary/aromatic N) is 3. The molecule has 0 unspecified atom stereocenters. The third-order valence-corrected chi connectivity index (χ3v) is 4.79. The molecule has 3 aromatic rings. The van der Waals surface area contributed by atoms with Gasteiger partial charge in [-0.25, -0.2) is 10.1 Å². The lowest BCUT2D eigenvalue weighted by molar-refractivity contribution is 0.0949. The molecule has 0 atom stereocenters. The molecule has 0 saturated carbocycles. The van der Waals surface area contributed by atoms with E-state index in [0.29, 0.717) is 23.9 Å². The first kappa shape index (κ1) is 22.2. The molecule has 0 aliphatic carbocycles. The van der Waals surface area contributed by atoms with Crippen molar-refractivity contribution in [2.24, 2.45) is 5.10 Å². The van der Waals surface area contributed by atoms with Crippen molar-refractivity contribution >= 4 is 22.9 Å². The van der Waals surface area contributed by atoms with E-state index < -0.39 is 5.91 Å². The Morgan fingerprint density at radius 1 is 1.06 bits per heavy atom. The predicted molar refractivity (Wildman–Crippen MR) is 123 cm³/mol. The van der Waals surface area contributed by atoms with E-state index in [4.69, 9.17) is 4.74 Å². The van der Waals surface area contributed by atoms with Crippen LogP contribution < -0.4 is 15.7 Å². The third-order valence-electron chi connectivity index (χ3n) is 4.79. The maximum atomic E-state index is 12.7. The van der Waals surface area contributed by atoms with Gasteiger partial charge in [-0.3, -0.25) is 9.59 Å². The normalized spacial score (nSPS) is 11.2. The van der Waals surface area contributed by atoms with Gasteiger partial charge in [0.25, 0.3) is 11.5 Å². The van der Waals surface area contributed by atoms with Crippen molar-refractivity contribution in [3.8, 4) is 5.75 Å². The summed E-state index contributed by atoms with van der Waals surface area (Å²) in [6.07, 6.45) is 5.66. The second-order valence-corrected chi connectivity index (χ2v) is 7.25. The molecule has 0 aliphatic rings. The van der Waals surface area contributed by atoms with E-state index in [9.17, 15) is 9.59 Å². The van der Waals surface area contributed by atoms with Crippen molar-refractivity contribution < 1.29 is 9.53 Å². The standard InChI is InChI=1S/C24H28N4O3/c1-3-5-8-16-31-19-13-11-18(12-14-19)17-25-26-23(29)22-20-9-6-7-10-21(20)24(30)28(27-22)15-4-2/h6-7,9-14,17H,3-5,8,15-16H2,1-2H3,(H,26,29)/b25-17+. The van der Waals surface area contributed by atoms with Crippen LogP contribution in [0, 0.1) is 0 Å². The Morgan fingerprint density at radius 3 is 2.52 bits per heavy atom. The second kappa shape index (κ2) is 11.1. The molecule has 3 rings (SSSR count). The first-order valence-electron chi connectivity index (χ1n) is 10.7. The Labute approximate surface area is 181 Å². The predicted octanol–water partition coefficient (Wildman–Crippen LogP) is 4.14. The van der Waals surface area contributed by atoms with Gasteiger partial charge in [0.15, 0.2) is 5.69 Å². The molecule has 162 valence electrons. The number of nitrogens with one attached hydrogen (secondary N) is 1. The number of aryl methyl sites for hydroxylation is 1. The van der Waals surface area contributed by atoms with Crippen LogP contribution in [0.1, 0.15) is 55.6 Å². The highest BCUT2D eigenvalue weighted by atomic mass is 16.5. The number of hydrogen-bond acceptors (Lipinski definition) is 5. The van der Waals surface area contributed by atoms with E-state index in [0.717, 1.165) is 37.0 Å². The molecule has 0 radical (unpaired) electrons. The summed E-state index contributed by atoms with van der Waals surface area (Å²) in [4.78, 5) is 25.3. The third kappa shape index (κ3) is 5.78. The number of benzene rings is 2. The summed E-state index contributed by atoms with van der Waals surface area (Å²) in [6.45, 7) is 5.26. The number of aromatic nitrogens is 2. The number of fused-ring (bicyclic) bond motifs is 1. The Hall–Kier alpha value is -3.48. The monoisotopic (exact) mass is 420 g/mol. The largest absolute Gasteiger partial charge is 0.494 e. The minimum atomic E-state index is -0.465. The van der Waals surface area contributed by atoms with Gasteiger partial charge in [-0.05, 0) is 48.7 Å². The SMILES string of the molecule is CCCCCOc1ccc(/C=N/NC(=O)c2nn(CCC)c(=O)c3ccccc23)cc1. The minimum Gasteiger partial charge on any atom is -0.494 e. The van der Waals surface area contributed by atoms with Gasteiger partial charge >= 0.3 is 0 Å². The van der Waals surface area contributed by atoms with Gasteiger partial charge in [0, 0.05) is 11.9 Å². The van der Waals surface area contributed by atoms with Crippen LogP contribution in [0.25, 0.3) is 10.8 Å².